The Morgan fingerprint density at radius 1 is 1.46 bits per heavy atom. The van der Waals surface area contributed by atoms with E-state index >= 15 is 0 Å². The molecule has 0 bridgehead atoms. The van der Waals surface area contributed by atoms with Crippen molar-refractivity contribution in [2.45, 2.75) is 25.7 Å². The summed E-state index contributed by atoms with van der Waals surface area (Å²) in [6.07, 6.45) is 2.22. The van der Waals surface area contributed by atoms with E-state index in [1.165, 1.54) is 0 Å². The monoisotopic (exact) mass is 328 g/mol. The third-order valence-electron chi connectivity index (χ3n) is 4.55. The van der Waals surface area contributed by atoms with Crippen LogP contribution in [0.1, 0.15) is 40.5 Å². The number of H-pyrrole nitrogens is 1. The number of benzene rings is 1. The molecule has 1 aliphatic rings. The summed E-state index contributed by atoms with van der Waals surface area (Å²) in [6.45, 7) is 5.64. The van der Waals surface area contributed by atoms with Crippen molar-refractivity contribution in [1.29, 1.82) is 0 Å². The van der Waals surface area contributed by atoms with Crippen LogP contribution in [0.5, 0.6) is 5.75 Å². The number of para-hydroxylation sites is 1. The standard InChI is InChI=1S/C18H24N4O2/c1-13-5-2-3-7-17(13)24-10-9-22-8-4-6-14(12-22)15-11-16(18(19)23)21-20-15/h2-3,5,7,11,14H,4,6,8-10,12H2,1H3,(H2,19,23)(H,20,21)/t14-/m1/s1. The Labute approximate surface area is 142 Å². The number of aromatic nitrogens is 2. The highest BCUT2D eigenvalue weighted by atomic mass is 16.5. The number of piperidine rings is 1. The summed E-state index contributed by atoms with van der Waals surface area (Å²) < 4.78 is 5.89. The number of aryl methyl sites for hydroxylation is 1. The molecule has 2 aromatic rings. The van der Waals surface area contributed by atoms with Crippen LogP contribution in [0.15, 0.2) is 30.3 Å². The summed E-state index contributed by atoms with van der Waals surface area (Å²) in [4.78, 5) is 13.6. The normalized spacial score (nSPS) is 18.5. The fourth-order valence-electron chi connectivity index (χ4n) is 3.19. The number of likely N-dealkylation sites (tertiary alicyclic amines) is 1. The number of nitrogens with two attached hydrogens (primary N) is 1. The van der Waals surface area contributed by atoms with E-state index in [4.69, 9.17) is 10.5 Å². The molecule has 0 aliphatic carbocycles. The van der Waals surface area contributed by atoms with E-state index in [1.807, 2.05) is 18.2 Å². The molecule has 1 aromatic heterocycles. The van der Waals surface area contributed by atoms with Crippen LogP contribution in [0, 0.1) is 6.92 Å². The highest BCUT2D eigenvalue weighted by Gasteiger charge is 2.23. The van der Waals surface area contributed by atoms with Crippen molar-refractivity contribution in [2.24, 2.45) is 5.73 Å². The van der Waals surface area contributed by atoms with Gasteiger partial charge < -0.3 is 10.5 Å². The van der Waals surface area contributed by atoms with Crippen LogP contribution < -0.4 is 10.5 Å². The zero-order valence-corrected chi connectivity index (χ0v) is 14.0. The lowest BCUT2D eigenvalue weighted by Crippen LogP contribution is -2.37. The van der Waals surface area contributed by atoms with Crippen molar-refractivity contribution in [3.05, 3.63) is 47.3 Å². The van der Waals surface area contributed by atoms with E-state index in [9.17, 15) is 4.79 Å². The molecule has 6 heteroatoms. The zero-order chi connectivity index (χ0) is 16.9. The molecule has 24 heavy (non-hydrogen) atoms. The highest BCUT2D eigenvalue weighted by molar-refractivity contribution is 5.90. The number of rotatable bonds is 6. The molecule has 3 rings (SSSR count). The fourth-order valence-corrected chi connectivity index (χ4v) is 3.19. The van der Waals surface area contributed by atoms with Crippen molar-refractivity contribution in [1.82, 2.24) is 15.1 Å². The Morgan fingerprint density at radius 3 is 3.04 bits per heavy atom. The van der Waals surface area contributed by atoms with Gasteiger partial charge in [-0.25, -0.2) is 0 Å². The third-order valence-corrected chi connectivity index (χ3v) is 4.55. The van der Waals surface area contributed by atoms with Gasteiger partial charge in [-0.2, -0.15) is 5.10 Å². The van der Waals surface area contributed by atoms with Gasteiger partial charge in [0.2, 0.25) is 0 Å². The van der Waals surface area contributed by atoms with Crippen molar-refractivity contribution in [2.75, 3.05) is 26.2 Å². The lowest BCUT2D eigenvalue weighted by atomic mass is 9.94. The highest BCUT2D eigenvalue weighted by Crippen LogP contribution is 2.26. The molecule has 0 unspecified atom stereocenters. The molecule has 0 saturated carbocycles. The summed E-state index contributed by atoms with van der Waals surface area (Å²) in [5, 5.41) is 6.94. The van der Waals surface area contributed by atoms with Crippen molar-refractivity contribution >= 4 is 5.91 Å². The molecule has 128 valence electrons. The van der Waals surface area contributed by atoms with Crippen LogP contribution in [-0.2, 0) is 0 Å². The van der Waals surface area contributed by atoms with E-state index in [-0.39, 0.29) is 0 Å². The molecule has 1 aliphatic heterocycles. The maximum atomic E-state index is 11.2. The molecule has 2 heterocycles. The summed E-state index contributed by atoms with van der Waals surface area (Å²) in [5.74, 6) is 0.820. The van der Waals surface area contributed by atoms with Gasteiger partial charge in [0.05, 0.1) is 0 Å². The minimum absolute atomic E-state index is 0.310. The van der Waals surface area contributed by atoms with Gasteiger partial charge in [0, 0.05) is 24.7 Å². The van der Waals surface area contributed by atoms with Crippen LogP contribution in [0.3, 0.4) is 0 Å². The second kappa shape index (κ2) is 7.49. The predicted octanol–water partition coefficient (Wildman–Crippen LogP) is 2.08. The Bertz CT molecular complexity index is 698. The van der Waals surface area contributed by atoms with E-state index in [0.717, 1.165) is 49.5 Å². The molecule has 1 aromatic carbocycles. The van der Waals surface area contributed by atoms with E-state index in [1.54, 1.807) is 6.07 Å². The first-order chi connectivity index (χ1) is 11.6. The molecule has 1 amide bonds. The molecule has 1 saturated heterocycles. The number of aromatic amines is 1. The molecule has 1 fully saturated rings. The van der Waals surface area contributed by atoms with Gasteiger partial charge in [0.1, 0.15) is 18.1 Å². The Hall–Kier alpha value is -2.34. The lowest BCUT2D eigenvalue weighted by Gasteiger charge is -2.32. The van der Waals surface area contributed by atoms with E-state index in [0.29, 0.717) is 18.2 Å². The molecule has 6 nitrogen and oxygen atoms in total. The predicted molar refractivity (Wildman–Crippen MR) is 92.2 cm³/mol. The quantitative estimate of drug-likeness (QED) is 0.850. The third kappa shape index (κ3) is 3.94. The van der Waals surface area contributed by atoms with Gasteiger partial charge in [-0.3, -0.25) is 14.8 Å². The topological polar surface area (TPSA) is 84.2 Å². The maximum Gasteiger partial charge on any atom is 0.269 e. The number of primary amides is 1. The van der Waals surface area contributed by atoms with E-state index in [2.05, 4.69) is 28.1 Å². The first kappa shape index (κ1) is 16.5. The smallest absolute Gasteiger partial charge is 0.269 e. The maximum absolute atomic E-state index is 11.2. The van der Waals surface area contributed by atoms with Crippen molar-refractivity contribution < 1.29 is 9.53 Å². The number of ether oxygens (including phenoxy) is 1. The van der Waals surface area contributed by atoms with Crippen molar-refractivity contribution in [3.63, 3.8) is 0 Å². The zero-order valence-electron chi connectivity index (χ0n) is 14.0. The fraction of sp³-hybridized carbons (Fsp3) is 0.444. The average molecular weight is 328 g/mol. The Balaban J connectivity index is 1.52. The number of hydrogen-bond acceptors (Lipinski definition) is 4. The van der Waals surface area contributed by atoms with Gasteiger partial charge in [0.25, 0.3) is 5.91 Å². The SMILES string of the molecule is Cc1ccccc1OCCN1CCC[C@@H](c2cc(C(N)=O)n[nH]2)C1. The Kier molecular flexibility index (Phi) is 5.15. The molecular weight excluding hydrogens is 304 g/mol. The second-order valence-corrected chi connectivity index (χ2v) is 6.33. The molecule has 0 radical (unpaired) electrons. The summed E-state index contributed by atoms with van der Waals surface area (Å²) in [5.41, 5.74) is 7.73. The largest absolute Gasteiger partial charge is 0.492 e. The van der Waals surface area contributed by atoms with Gasteiger partial charge in [-0.1, -0.05) is 18.2 Å². The average Bonchev–Trinajstić information content (AvgIpc) is 3.07. The van der Waals surface area contributed by atoms with Crippen LogP contribution in [-0.4, -0.2) is 47.2 Å². The summed E-state index contributed by atoms with van der Waals surface area (Å²) in [6, 6.07) is 9.85. The number of amides is 1. The summed E-state index contributed by atoms with van der Waals surface area (Å²) in [7, 11) is 0. The van der Waals surface area contributed by atoms with Crippen LogP contribution >= 0.6 is 0 Å². The first-order valence-corrected chi connectivity index (χ1v) is 8.39. The number of nitrogens with zero attached hydrogens (tertiary/aromatic N) is 2. The summed E-state index contributed by atoms with van der Waals surface area (Å²) >= 11 is 0. The minimum atomic E-state index is -0.489. The molecular formula is C18H24N4O2. The number of hydrogen-bond donors (Lipinski definition) is 2. The second-order valence-electron chi connectivity index (χ2n) is 6.33. The van der Waals surface area contributed by atoms with Gasteiger partial charge in [-0.15, -0.1) is 0 Å². The van der Waals surface area contributed by atoms with Crippen LogP contribution in [0.4, 0.5) is 0 Å². The number of carbonyl (C=O) groups excluding carboxylic acids is 1. The Morgan fingerprint density at radius 2 is 2.29 bits per heavy atom. The lowest BCUT2D eigenvalue weighted by molar-refractivity contribution is 0.0995. The molecule has 0 spiro atoms. The molecule has 3 N–H and O–H groups in total. The van der Waals surface area contributed by atoms with Crippen LogP contribution in [0.25, 0.3) is 0 Å². The van der Waals surface area contributed by atoms with Crippen LogP contribution in [0.2, 0.25) is 0 Å². The number of nitrogens with one attached hydrogen (secondary N) is 1. The van der Waals surface area contributed by atoms with Gasteiger partial charge in [-0.05, 0) is 44.0 Å². The minimum Gasteiger partial charge on any atom is -0.492 e. The van der Waals surface area contributed by atoms with Crippen molar-refractivity contribution in [3.8, 4) is 5.75 Å². The first-order valence-electron chi connectivity index (χ1n) is 8.39. The number of carbonyl (C=O) groups is 1. The van der Waals surface area contributed by atoms with E-state index < -0.39 is 5.91 Å². The van der Waals surface area contributed by atoms with Gasteiger partial charge >= 0.3 is 0 Å². The van der Waals surface area contributed by atoms with Gasteiger partial charge in [0.15, 0.2) is 0 Å². The molecule has 1 atom stereocenters.